The topological polar surface area (TPSA) is 51.2 Å². The van der Waals surface area contributed by atoms with Gasteiger partial charge in [0.25, 0.3) is 0 Å². The first-order valence-electron chi connectivity index (χ1n) is 6.28. The van der Waals surface area contributed by atoms with Crippen LogP contribution in [-0.2, 0) is 16.1 Å². The van der Waals surface area contributed by atoms with E-state index in [4.69, 9.17) is 4.74 Å². The highest BCUT2D eigenvalue weighted by Crippen LogP contribution is 2.21. The molecule has 1 unspecified atom stereocenters. The zero-order valence-electron chi connectivity index (χ0n) is 11.3. The molecule has 0 fully saturated rings. The highest BCUT2D eigenvalue weighted by Gasteiger charge is 2.21. The van der Waals surface area contributed by atoms with Crippen LogP contribution in [0.3, 0.4) is 0 Å². The fourth-order valence-electron chi connectivity index (χ4n) is 1.87. The quantitative estimate of drug-likeness (QED) is 0.760. The van der Waals surface area contributed by atoms with Crippen molar-refractivity contribution < 1.29 is 9.53 Å². The third-order valence-corrected chi connectivity index (χ3v) is 4.05. The Morgan fingerprint density at radius 1 is 1.33 bits per heavy atom. The van der Waals surface area contributed by atoms with Gasteiger partial charge in [0.15, 0.2) is 0 Å². The van der Waals surface area contributed by atoms with Gasteiger partial charge in [-0.3, -0.25) is 10.3 Å². The van der Waals surface area contributed by atoms with Crippen LogP contribution in [0.25, 0.3) is 0 Å². The molecule has 1 aromatic carbocycles. The number of carbonyl (C=O) groups excluding carboxylic acids is 1. The van der Waals surface area contributed by atoms with Crippen LogP contribution >= 0.6 is 31.9 Å². The summed E-state index contributed by atoms with van der Waals surface area (Å²) < 4.78 is 6.63. The Balaban J connectivity index is 2.15. The number of hydrogen-bond donors (Lipinski definition) is 1. The average molecular weight is 414 g/mol. The van der Waals surface area contributed by atoms with Gasteiger partial charge in [0.2, 0.25) is 0 Å². The van der Waals surface area contributed by atoms with E-state index in [9.17, 15) is 4.79 Å². The van der Waals surface area contributed by atoms with E-state index < -0.39 is 6.04 Å². The normalized spacial score (nSPS) is 12.0. The molecule has 0 saturated carbocycles. The van der Waals surface area contributed by atoms with E-state index >= 15 is 0 Å². The van der Waals surface area contributed by atoms with Crippen LogP contribution in [0.4, 0.5) is 0 Å². The Morgan fingerprint density at radius 2 is 2.05 bits per heavy atom. The molecular weight excluding hydrogens is 400 g/mol. The van der Waals surface area contributed by atoms with Crippen molar-refractivity contribution in [2.45, 2.75) is 12.6 Å². The molecule has 21 heavy (non-hydrogen) atoms. The molecule has 2 rings (SSSR count). The summed E-state index contributed by atoms with van der Waals surface area (Å²) in [7, 11) is 1.38. The van der Waals surface area contributed by atoms with Gasteiger partial charge in [-0.2, -0.15) is 0 Å². The van der Waals surface area contributed by atoms with Crippen molar-refractivity contribution in [2.24, 2.45) is 0 Å². The Bertz CT molecular complexity index is 620. The smallest absolute Gasteiger partial charge is 0.327 e. The van der Waals surface area contributed by atoms with E-state index in [-0.39, 0.29) is 5.97 Å². The van der Waals surface area contributed by atoms with Gasteiger partial charge in [0, 0.05) is 21.7 Å². The number of benzene rings is 1. The maximum atomic E-state index is 11.9. The molecule has 6 heteroatoms. The second-order valence-electron chi connectivity index (χ2n) is 4.33. The summed E-state index contributed by atoms with van der Waals surface area (Å²) in [6, 6.07) is 10.9. The average Bonchev–Trinajstić information content (AvgIpc) is 2.50. The molecule has 1 heterocycles. The van der Waals surface area contributed by atoms with Crippen molar-refractivity contribution in [3.05, 3.63) is 62.8 Å². The first-order valence-corrected chi connectivity index (χ1v) is 7.86. The minimum atomic E-state index is -0.520. The molecule has 0 amide bonds. The van der Waals surface area contributed by atoms with Crippen molar-refractivity contribution in [3.8, 4) is 0 Å². The molecule has 0 bridgehead atoms. The number of aromatic nitrogens is 1. The van der Waals surface area contributed by atoms with Crippen molar-refractivity contribution in [1.29, 1.82) is 0 Å². The zero-order chi connectivity index (χ0) is 15.2. The molecule has 0 saturated heterocycles. The summed E-state index contributed by atoms with van der Waals surface area (Å²) in [6.45, 7) is 0.447. The highest BCUT2D eigenvalue weighted by atomic mass is 79.9. The van der Waals surface area contributed by atoms with Crippen molar-refractivity contribution >= 4 is 37.8 Å². The number of nitrogens with one attached hydrogen (secondary N) is 1. The molecule has 1 atom stereocenters. The lowest BCUT2D eigenvalue weighted by molar-refractivity contribution is -0.143. The van der Waals surface area contributed by atoms with Crippen LogP contribution in [0.1, 0.15) is 17.3 Å². The lowest BCUT2D eigenvalue weighted by Gasteiger charge is -2.17. The number of halogens is 2. The number of nitrogens with zero attached hydrogens (tertiary/aromatic N) is 1. The van der Waals surface area contributed by atoms with Crippen molar-refractivity contribution in [2.75, 3.05) is 7.11 Å². The second-order valence-corrected chi connectivity index (χ2v) is 6.10. The first kappa shape index (κ1) is 16.1. The molecule has 2 aromatic rings. The predicted octanol–water partition coefficient (Wildman–Crippen LogP) is 3.61. The molecule has 0 spiro atoms. The van der Waals surface area contributed by atoms with Gasteiger partial charge in [-0.15, -0.1) is 0 Å². The molecule has 0 radical (unpaired) electrons. The summed E-state index contributed by atoms with van der Waals surface area (Å²) in [5.41, 5.74) is 1.68. The van der Waals surface area contributed by atoms with E-state index in [1.54, 1.807) is 6.20 Å². The molecule has 110 valence electrons. The van der Waals surface area contributed by atoms with E-state index in [1.807, 2.05) is 36.4 Å². The van der Waals surface area contributed by atoms with Gasteiger partial charge in [0.05, 0.1) is 12.8 Å². The Morgan fingerprint density at radius 3 is 2.67 bits per heavy atom. The van der Waals surface area contributed by atoms with Crippen molar-refractivity contribution in [1.82, 2.24) is 10.3 Å². The maximum absolute atomic E-state index is 11.9. The van der Waals surface area contributed by atoms with E-state index in [2.05, 4.69) is 42.2 Å². The van der Waals surface area contributed by atoms with Crippen LogP contribution in [0.5, 0.6) is 0 Å². The standard InChI is InChI=1S/C15H14Br2N2O2/c1-21-15(20)14(10-5-3-2-4-6-10)19-9-13-12(17)7-11(16)8-18-13/h2-8,14,19H,9H2,1H3. The fourth-order valence-corrected chi connectivity index (χ4v) is 3.00. The Hall–Kier alpha value is -1.24. The fraction of sp³-hybridized carbons (Fsp3) is 0.200. The summed E-state index contributed by atoms with van der Waals surface area (Å²) in [6.07, 6.45) is 1.72. The van der Waals surface area contributed by atoms with Crippen LogP contribution in [0.2, 0.25) is 0 Å². The monoisotopic (exact) mass is 412 g/mol. The predicted molar refractivity (Wildman–Crippen MR) is 87.7 cm³/mol. The summed E-state index contributed by atoms with van der Waals surface area (Å²) in [5, 5.41) is 3.18. The third-order valence-electron chi connectivity index (χ3n) is 2.93. The molecular formula is C15H14Br2N2O2. The lowest BCUT2D eigenvalue weighted by Crippen LogP contribution is -2.29. The van der Waals surface area contributed by atoms with Gasteiger partial charge in [-0.25, -0.2) is 4.79 Å². The van der Waals surface area contributed by atoms with Gasteiger partial charge < -0.3 is 4.74 Å². The molecule has 4 nitrogen and oxygen atoms in total. The van der Waals surface area contributed by atoms with Crippen LogP contribution in [0.15, 0.2) is 51.5 Å². The molecule has 0 aliphatic rings. The van der Waals surface area contributed by atoms with Gasteiger partial charge in [0.1, 0.15) is 6.04 Å². The van der Waals surface area contributed by atoms with Gasteiger partial charge in [-0.05, 0) is 43.5 Å². The minimum Gasteiger partial charge on any atom is -0.468 e. The van der Waals surface area contributed by atoms with E-state index in [1.165, 1.54) is 7.11 Å². The number of hydrogen-bond acceptors (Lipinski definition) is 4. The number of ether oxygens (including phenoxy) is 1. The van der Waals surface area contributed by atoms with E-state index in [0.717, 1.165) is 20.2 Å². The summed E-state index contributed by atoms with van der Waals surface area (Å²) >= 11 is 6.82. The highest BCUT2D eigenvalue weighted by molar-refractivity contribution is 9.11. The second kappa shape index (κ2) is 7.68. The van der Waals surface area contributed by atoms with Gasteiger partial charge >= 0.3 is 5.97 Å². The molecule has 0 aliphatic heterocycles. The van der Waals surface area contributed by atoms with Crippen LogP contribution < -0.4 is 5.32 Å². The Labute approximate surface area is 140 Å². The molecule has 0 aliphatic carbocycles. The third kappa shape index (κ3) is 4.36. The minimum absolute atomic E-state index is 0.325. The van der Waals surface area contributed by atoms with E-state index in [0.29, 0.717) is 6.54 Å². The lowest BCUT2D eigenvalue weighted by atomic mass is 10.1. The summed E-state index contributed by atoms with van der Waals surface area (Å²) in [5.74, 6) is -0.325. The number of rotatable bonds is 5. The zero-order valence-corrected chi connectivity index (χ0v) is 14.5. The summed E-state index contributed by atoms with van der Waals surface area (Å²) in [4.78, 5) is 16.3. The van der Waals surface area contributed by atoms with Crippen LogP contribution in [0, 0.1) is 0 Å². The van der Waals surface area contributed by atoms with Crippen molar-refractivity contribution in [3.63, 3.8) is 0 Å². The number of methoxy groups -OCH3 is 1. The first-order chi connectivity index (χ1) is 10.1. The largest absolute Gasteiger partial charge is 0.468 e. The van der Waals surface area contributed by atoms with Gasteiger partial charge in [-0.1, -0.05) is 30.3 Å². The molecule has 1 aromatic heterocycles. The number of pyridine rings is 1. The maximum Gasteiger partial charge on any atom is 0.327 e. The Kier molecular flexibility index (Phi) is 5.90. The van der Waals surface area contributed by atoms with Crippen LogP contribution in [-0.4, -0.2) is 18.1 Å². The molecule has 1 N–H and O–H groups in total. The number of carbonyl (C=O) groups is 1. The number of esters is 1. The SMILES string of the molecule is COC(=O)C(NCc1ncc(Br)cc1Br)c1ccccc1.